The lowest BCUT2D eigenvalue weighted by Gasteiger charge is -2.25. The number of piperidine rings is 1. The minimum absolute atomic E-state index is 0.0663. The summed E-state index contributed by atoms with van der Waals surface area (Å²) in [4.78, 5) is 32.6. The summed E-state index contributed by atoms with van der Waals surface area (Å²) < 4.78 is 0. The molecule has 2 heterocycles. The highest BCUT2D eigenvalue weighted by Crippen LogP contribution is 2.46. The molecule has 7 nitrogen and oxygen atoms in total. The minimum atomic E-state index is -0.519. The van der Waals surface area contributed by atoms with Gasteiger partial charge in [0.15, 0.2) is 0 Å². The van der Waals surface area contributed by atoms with E-state index < -0.39 is 6.04 Å². The number of aromatic amines is 1. The van der Waals surface area contributed by atoms with Gasteiger partial charge in [-0.3, -0.25) is 9.59 Å². The van der Waals surface area contributed by atoms with E-state index in [0.29, 0.717) is 0 Å². The van der Waals surface area contributed by atoms with Gasteiger partial charge in [0.2, 0.25) is 11.8 Å². The molecule has 1 aliphatic carbocycles. The number of fused-ring (bicyclic) bond motifs is 1. The van der Waals surface area contributed by atoms with E-state index in [9.17, 15) is 9.59 Å². The molecule has 4 N–H and O–H groups in total. The van der Waals surface area contributed by atoms with E-state index in [4.69, 9.17) is 0 Å². The molecule has 2 aliphatic rings. The Hall–Kier alpha value is -2.41. The van der Waals surface area contributed by atoms with Crippen molar-refractivity contribution in [2.45, 2.75) is 44.2 Å². The van der Waals surface area contributed by atoms with E-state index in [1.165, 1.54) is 0 Å². The molecule has 2 fully saturated rings. The molecule has 138 valence electrons. The predicted octanol–water partition coefficient (Wildman–Crippen LogP) is 1.04. The molecule has 2 aromatic rings. The number of imidazole rings is 1. The van der Waals surface area contributed by atoms with Crippen molar-refractivity contribution < 1.29 is 9.59 Å². The molecule has 3 atom stereocenters. The van der Waals surface area contributed by atoms with Crippen LogP contribution in [0.5, 0.6) is 0 Å². The second-order valence-corrected chi connectivity index (χ2v) is 7.35. The van der Waals surface area contributed by atoms with Gasteiger partial charge >= 0.3 is 0 Å². The van der Waals surface area contributed by atoms with Gasteiger partial charge in [0.1, 0.15) is 11.9 Å². The third kappa shape index (κ3) is 3.58. The Morgan fingerprint density at radius 1 is 1.23 bits per heavy atom. The average molecular weight is 355 g/mol. The highest BCUT2D eigenvalue weighted by Gasteiger charge is 2.46. The highest BCUT2D eigenvalue weighted by atomic mass is 16.2. The molecule has 1 saturated carbocycles. The Bertz CT molecular complexity index is 778. The maximum absolute atomic E-state index is 12.5. The van der Waals surface area contributed by atoms with Crippen LogP contribution >= 0.6 is 0 Å². The zero-order valence-corrected chi connectivity index (χ0v) is 14.9. The van der Waals surface area contributed by atoms with Crippen LogP contribution in [0.15, 0.2) is 24.3 Å². The number of rotatable bonds is 5. The second-order valence-electron chi connectivity index (χ2n) is 7.35. The first-order valence-corrected chi connectivity index (χ1v) is 9.38. The van der Waals surface area contributed by atoms with E-state index in [0.717, 1.165) is 49.2 Å². The van der Waals surface area contributed by atoms with Gasteiger partial charge in [-0.1, -0.05) is 12.1 Å². The Morgan fingerprint density at radius 3 is 2.77 bits per heavy atom. The molecule has 1 saturated heterocycles. The van der Waals surface area contributed by atoms with Gasteiger partial charge in [-0.25, -0.2) is 4.98 Å². The molecule has 4 rings (SSSR count). The number of nitrogens with zero attached hydrogens (tertiary/aromatic N) is 1. The molecule has 2 amide bonds. The van der Waals surface area contributed by atoms with Gasteiger partial charge in [-0.05, 0) is 51.4 Å². The van der Waals surface area contributed by atoms with Crippen LogP contribution in [0.1, 0.15) is 37.9 Å². The van der Waals surface area contributed by atoms with Crippen molar-refractivity contribution in [3.8, 4) is 0 Å². The Kier molecular flexibility index (Phi) is 4.63. The normalized spacial score (nSPS) is 24.2. The lowest BCUT2D eigenvalue weighted by molar-refractivity contribution is -0.129. The Balaban J connectivity index is 1.30. The van der Waals surface area contributed by atoms with Gasteiger partial charge < -0.3 is 20.9 Å². The summed E-state index contributed by atoms with van der Waals surface area (Å²) in [6, 6.07) is 7.54. The standard InChI is InChI=1S/C19H25N5O2/c1-11(18(25)22-12-6-8-20-9-7-12)21-19(26)14-10-13(14)17-23-15-4-2-3-5-16(15)24-17/h2-5,11-14,20H,6-10H2,1H3,(H,21,26)(H,22,25)(H,23,24). The number of carbonyl (C=O) groups excluding carboxylic acids is 2. The van der Waals surface area contributed by atoms with Crippen LogP contribution in [0, 0.1) is 5.92 Å². The number of hydrogen-bond donors (Lipinski definition) is 4. The molecule has 3 unspecified atom stereocenters. The highest BCUT2D eigenvalue weighted by molar-refractivity contribution is 5.90. The first kappa shape index (κ1) is 17.0. The second kappa shape index (κ2) is 7.07. The molecule has 1 aliphatic heterocycles. The fourth-order valence-corrected chi connectivity index (χ4v) is 3.61. The van der Waals surface area contributed by atoms with Gasteiger partial charge in [0.25, 0.3) is 0 Å². The van der Waals surface area contributed by atoms with E-state index in [-0.39, 0.29) is 29.7 Å². The summed E-state index contributed by atoms with van der Waals surface area (Å²) in [5.41, 5.74) is 1.91. The van der Waals surface area contributed by atoms with Crippen molar-refractivity contribution in [1.82, 2.24) is 25.9 Å². The topological polar surface area (TPSA) is 98.9 Å². The number of nitrogens with one attached hydrogen (secondary N) is 4. The third-order valence-corrected chi connectivity index (χ3v) is 5.32. The lowest BCUT2D eigenvalue weighted by atomic mass is 10.1. The van der Waals surface area contributed by atoms with E-state index >= 15 is 0 Å². The van der Waals surface area contributed by atoms with E-state index in [1.807, 2.05) is 24.3 Å². The zero-order valence-electron chi connectivity index (χ0n) is 14.9. The summed E-state index contributed by atoms with van der Waals surface area (Å²) in [5, 5.41) is 9.16. The average Bonchev–Trinajstić information content (AvgIpc) is 3.34. The van der Waals surface area contributed by atoms with Crippen LogP contribution in [-0.2, 0) is 9.59 Å². The molecular formula is C19H25N5O2. The summed E-state index contributed by atoms with van der Waals surface area (Å²) >= 11 is 0. The molecule has 7 heteroatoms. The van der Waals surface area contributed by atoms with Crippen LogP contribution in [-0.4, -0.2) is 47.0 Å². The van der Waals surface area contributed by atoms with Gasteiger partial charge in [0, 0.05) is 17.9 Å². The maximum Gasteiger partial charge on any atom is 0.242 e. The van der Waals surface area contributed by atoms with Crippen LogP contribution in [0.4, 0.5) is 0 Å². The van der Waals surface area contributed by atoms with Gasteiger partial charge in [0.05, 0.1) is 11.0 Å². The Morgan fingerprint density at radius 2 is 2.00 bits per heavy atom. The predicted molar refractivity (Wildman–Crippen MR) is 98.6 cm³/mol. The van der Waals surface area contributed by atoms with Crippen molar-refractivity contribution in [2.75, 3.05) is 13.1 Å². The van der Waals surface area contributed by atoms with Crippen molar-refractivity contribution in [3.05, 3.63) is 30.1 Å². The largest absolute Gasteiger partial charge is 0.351 e. The number of hydrogen-bond acceptors (Lipinski definition) is 4. The van der Waals surface area contributed by atoms with Crippen LogP contribution in [0.2, 0.25) is 0 Å². The number of carbonyl (C=O) groups is 2. The first-order chi connectivity index (χ1) is 12.6. The number of aromatic nitrogens is 2. The van der Waals surface area contributed by atoms with Crippen molar-refractivity contribution in [2.24, 2.45) is 5.92 Å². The smallest absolute Gasteiger partial charge is 0.242 e. The summed E-state index contributed by atoms with van der Waals surface area (Å²) in [7, 11) is 0. The maximum atomic E-state index is 12.5. The SMILES string of the molecule is CC(NC(=O)C1CC1c1nc2ccccc2[nH]1)C(=O)NC1CCNCC1. The summed E-state index contributed by atoms with van der Waals surface area (Å²) in [5.74, 6) is 0.694. The van der Waals surface area contributed by atoms with Crippen LogP contribution in [0.3, 0.4) is 0 Å². The fourth-order valence-electron chi connectivity index (χ4n) is 3.61. The van der Waals surface area contributed by atoms with Crippen LogP contribution < -0.4 is 16.0 Å². The summed E-state index contributed by atoms with van der Waals surface area (Å²) in [6.07, 6.45) is 2.64. The van der Waals surface area contributed by atoms with E-state index in [2.05, 4.69) is 25.9 Å². The van der Waals surface area contributed by atoms with Crippen molar-refractivity contribution in [3.63, 3.8) is 0 Å². The quantitative estimate of drug-likeness (QED) is 0.644. The van der Waals surface area contributed by atoms with Crippen molar-refractivity contribution >= 4 is 22.8 Å². The molecular weight excluding hydrogens is 330 g/mol. The van der Waals surface area contributed by atoms with Gasteiger partial charge in [-0.2, -0.15) is 0 Å². The van der Waals surface area contributed by atoms with Crippen molar-refractivity contribution in [1.29, 1.82) is 0 Å². The van der Waals surface area contributed by atoms with E-state index in [1.54, 1.807) is 6.92 Å². The first-order valence-electron chi connectivity index (χ1n) is 9.38. The van der Waals surface area contributed by atoms with Gasteiger partial charge in [-0.15, -0.1) is 0 Å². The molecule has 0 bridgehead atoms. The molecule has 0 spiro atoms. The number of para-hydroxylation sites is 2. The third-order valence-electron chi connectivity index (χ3n) is 5.32. The number of amides is 2. The molecule has 1 aromatic heterocycles. The fraction of sp³-hybridized carbons (Fsp3) is 0.526. The molecule has 26 heavy (non-hydrogen) atoms. The number of benzene rings is 1. The zero-order chi connectivity index (χ0) is 18.1. The Labute approximate surface area is 152 Å². The summed E-state index contributed by atoms with van der Waals surface area (Å²) in [6.45, 7) is 3.59. The lowest BCUT2D eigenvalue weighted by Crippen LogP contribution is -2.50. The molecule has 0 radical (unpaired) electrons. The molecule has 1 aromatic carbocycles. The minimum Gasteiger partial charge on any atom is -0.351 e. The van der Waals surface area contributed by atoms with Crippen LogP contribution in [0.25, 0.3) is 11.0 Å². The number of H-pyrrole nitrogens is 1. The monoisotopic (exact) mass is 355 g/mol.